The minimum Gasteiger partial charge on any atom is -0.390 e. The molecule has 0 saturated carbocycles. The van der Waals surface area contributed by atoms with Crippen LogP contribution in [0.3, 0.4) is 0 Å². The summed E-state index contributed by atoms with van der Waals surface area (Å²) in [5, 5.41) is 15.3. The zero-order valence-electron chi connectivity index (χ0n) is 11.5. The highest BCUT2D eigenvalue weighted by Crippen LogP contribution is 2.30. The maximum Gasteiger partial charge on any atom is 0.212 e. The van der Waals surface area contributed by atoms with Gasteiger partial charge in [-0.25, -0.2) is 9.50 Å². The van der Waals surface area contributed by atoms with Gasteiger partial charge < -0.3 is 5.11 Å². The molecule has 0 aromatic carbocycles. The van der Waals surface area contributed by atoms with Gasteiger partial charge in [0.1, 0.15) is 5.01 Å². The molecule has 18 heavy (non-hydrogen) atoms. The van der Waals surface area contributed by atoms with E-state index in [0.29, 0.717) is 11.8 Å². The third kappa shape index (κ3) is 2.17. The third-order valence-corrected chi connectivity index (χ3v) is 4.45. The summed E-state index contributed by atoms with van der Waals surface area (Å²) in [6.07, 6.45) is 2.19. The van der Waals surface area contributed by atoms with Crippen LogP contribution >= 0.6 is 11.3 Å². The van der Waals surface area contributed by atoms with Crippen molar-refractivity contribution in [2.45, 2.75) is 59.0 Å². The molecule has 0 aliphatic rings. The number of aliphatic hydroxyl groups is 1. The molecule has 4 nitrogen and oxygen atoms in total. The Morgan fingerprint density at radius 3 is 2.44 bits per heavy atom. The van der Waals surface area contributed by atoms with E-state index in [2.05, 4.69) is 37.8 Å². The van der Waals surface area contributed by atoms with Crippen LogP contribution in [0, 0.1) is 0 Å². The second-order valence-electron chi connectivity index (χ2n) is 4.90. The number of hydrogen-bond acceptors (Lipinski definition) is 4. The van der Waals surface area contributed by atoms with E-state index in [0.717, 1.165) is 34.2 Å². The molecule has 0 saturated heterocycles. The fourth-order valence-corrected chi connectivity index (χ4v) is 3.42. The van der Waals surface area contributed by atoms with Gasteiger partial charge in [0.25, 0.3) is 0 Å². The zero-order valence-corrected chi connectivity index (χ0v) is 12.3. The first kappa shape index (κ1) is 13.5. The predicted octanol–water partition coefficient (Wildman–Crippen LogP) is 3.31. The molecule has 0 aliphatic carbocycles. The van der Waals surface area contributed by atoms with Gasteiger partial charge in [-0.3, -0.25) is 0 Å². The van der Waals surface area contributed by atoms with E-state index in [4.69, 9.17) is 0 Å². The van der Waals surface area contributed by atoms with Crippen LogP contribution in [0.5, 0.6) is 0 Å². The molecule has 0 unspecified atom stereocenters. The van der Waals surface area contributed by atoms with Crippen LogP contribution in [-0.2, 0) is 6.61 Å². The van der Waals surface area contributed by atoms with Crippen LogP contribution < -0.4 is 0 Å². The van der Waals surface area contributed by atoms with Crippen molar-refractivity contribution < 1.29 is 5.11 Å². The molecule has 0 atom stereocenters. The summed E-state index contributed by atoms with van der Waals surface area (Å²) in [5.74, 6) is 0.823. The summed E-state index contributed by atoms with van der Waals surface area (Å²) in [5.41, 5.74) is 1.81. The molecular weight excluding hydrogens is 246 g/mol. The molecule has 100 valence electrons. The van der Waals surface area contributed by atoms with Gasteiger partial charge in [-0.15, -0.1) is 0 Å². The molecule has 5 heteroatoms. The van der Waals surface area contributed by atoms with Gasteiger partial charge in [-0.1, -0.05) is 39.0 Å². The van der Waals surface area contributed by atoms with Crippen molar-refractivity contribution in [2.75, 3.05) is 0 Å². The number of hydrogen-bond donors (Lipinski definition) is 1. The minimum absolute atomic E-state index is 0.000764. The molecule has 0 radical (unpaired) electrons. The number of imidazole rings is 1. The van der Waals surface area contributed by atoms with Crippen molar-refractivity contribution >= 4 is 16.3 Å². The Bertz CT molecular complexity index is 526. The van der Waals surface area contributed by atoms with E-state index < -0.39 is 0 Å². The van der Waals surface area contributed by atoms with Crippen LogP contribution in [0.2, 0.25) is 0 Å². The predicted molar refractivity (Wildman–Crippen MR) is 74.2 cm³/mol. The van der Waals surface area contributed by atoms with Crippen molar-refractivity contribution in [1.82, 2.24) is 14.6 Å². The zero-order chi connectivity index (χ0) is 13.3. The largest absolute Gasteiger partial charge is 0.390 e. The summed E-state index contributed by atoms with van der Waals surface area (Å²) in [6.45, 7) is 8.55. The van der Waals surface area contributed by atoms with Gasteiger partial charge in [0.05, 0.1) is 18.0 Å². The highest BCUT2D eigenvalue weighted by molar-refractivity contribution is 7.16. The summed E-state index contributed by atoms with van der Waals surface area (Å²) in [7, 11) is 0. The number of rotatable bonds is 5. The fourth-order valence-electron chi connectivity index (χ4n) is 2.23. The first-order valence-corrected chi connectivity index (χ1v) is 7.43. The van der Waals surface area contributed by atoms with Crippen LogP contribution in [0.4, 0.5) is 0 Å². The Balaban J connectivity index is 2.50. The number of aliphatic hydroxyl groups excluding tert-OH is 1. The lowest BCUT2D eigenvalue weighted by molar-refractivity contribution is 0.272. The van der Waals surface area contributed by atoms with Crippen LogP contribution in [0.25, 0.3) is 4.96 Å². The van der Waals surface area contributed by atoms with Gasteiger partial charge in [0.15, 0.2) is 0 Å². The van der Waals surface area contributed by atoms with Crippen molar-refractivity contribution in [1.29, 1.82) is 0 Å². The van der Waals surface area contributed by atoms with Gasteiger partial charge in [-0.2, -0.15) is 5.10 Å². The lowest BCUT2D eigenvalue weighted by atomic mass is 10.1. The Hall–Kier alpha value is -0.940. The standard InChI is InChI=1S/C13H21N3OS/c1-5-9(6-2)12-15-16-10(7-17)11(8(3)4)14-13(16)18-12/h8-9,17H,5-7H2,1-4H3. The van der Waals surface area contributed by atoms with Crippen molar-refractivity contribution in [3.05, 3.63) is 16.4 Å². The smallest absolute Gasteiger partial charge is 0.212 e. The molecule has 0 aliphatic heterocycles. The average molecular weight is 267 g/mol. The second-order valence-corrected chi connectivity index (χ2v) is 5.89. The van der Waals surface area contributed by atoms with E-state index in [-0.39, 0.29) is 6.61 Å². The average Bonchev–Trinajstić information content (AvgIpc) is 2.87. The van der Waals surface area contributed by atoms with Crippen LogP contribution in [0.1, 0.15) is 68.8 Å². The molecule has 1 N–H and O–H groups in total. The maximum absolute atomic E-state index is 9.52. The van der Waals surface area contributed by atoms with Crippen LogP contribution in [-0.4, -0.2) is 19.7 Å². The number of fused-ring (bicyclic) bond motifs is 1. The molecule has 0 amide bonds. The number of nitrogens with zero attached hydrogens (tertiary/aromatic N) is 3. The van der Waals surface area contributed by atoms with Gasteiger partial charge >= 0.3 is 0 Å². The molecule has 2 aromatic rings. The first-order valence-electron chi connectivity index (χ1n) is 6.61. The first-order chi connectivity index (χ1) is 8.62. The molecule has 0 bridgehead atoms. The molecule has 2 aromatic heterocycles. The number of aromatic nitrogens is 3. The van der Waals surface area contributed by atoms with Crippen LogP contribution in [0.15, 0.2) is 0 Å². The maximum atomic E-state index is 9.52. The Labute approximate surface area is 112 Å². The normalized spacial score (nSPS) is 12.2. The summed E-state index contributed by atoms with van der Waals surface area (Å²) in [6, 6.07) is 0. The third-order valence-electron chi connectivity index (χ3n) is 3.37. The second kappa shape index (κ2) is 5.36. The lowest BCUT2D eigenvalue weighted by Gasteiger charge is -2.07. The van der Waals surface area contributed by atoms with E-state index in [9.17, 15) is 5.11 Å². The highest BCUT2D eigenvalue weighted by atomic mass is 32.1. The quantitative estimate of drug-likeness (QED) is 0.904. The topological polar surface area (TPSA) is 50.4 Å². The van der Waals surface area contributed by atoms with E-state index in [1.807, 2.05) is 4.52 Å². The van der Waals surface area contributed by atoms with Gasteiger partial charge in [-0.05, 0) is 18.8 Å². The van der Waals surface area contributed by atoms with E-state index in [1.54, 1.807) is 11.3 Å². The van der Waals surface area contributed by atoms with Crippen molar-refractivity contribution in [2.24, 2.45) is 0 Å². The lowest BCUT2D eigenvalue weighted by Crippen LogP contribution is -2.02. The van der Waals surface area contributed by atoms with Crippen molar-refractivity contribution in [3.63, 3.8) is 0 Å². The SMILES string of the molecule is CCC(CC)c1nn2c(CO)c(C(C)C)nc2s1. The summed E-state index contributed by atoms with van der Waals surface area (Å²) in [4.78, 5) is 5.52. The van der Waals surface area contributed by atoms with Gasteiger partial charge in [0, 0.05) is 5.92 Å². The molecule has 0 spiro atoms. The Kier molecular flexibility index (Phi) is 4.02. The fraction of sp³-hybridized carbons (Fsp3) is 0.692. The summed E-state index contributed by atoms with van der Waals surface area (Å²) >= 11 is 1.65. The van der Waals surface area contributed by atoms with Crippen molar-refractivity contribution in [3.8, 4) is 0 Å². The monoisotopic (exact) mass is 267 g/mol. The minimum atomic E-state index is 0.000764. The van der Waals surface area contributed by atoms with Gasteiger partial charge in [0.2, 0.25) is 4.96 Å². The molecule has 2 heterocycles. The molecule has 2 rings (SSSR count). The van der Waals surface area contributed by atoms with E-state index in [1.165, 1.54) is 0 Å². The molecular formula is C13H21N3OS. The Morgan fingerprint density at radius 1 is 1.28 bits per heavy atom. The summed E-state index contributed by atoms with van der Waals surface area (Å²) < 4.78 is 1.83. The highest BCUT2D eigenvalue weighted by Gasteiger charge is 2.20. The Morgan fingerprint density at radius 2 is 1.94 bits per heavy atom. The van der Waals surface area contributed by atoms with E-state index >= 15 is 0 Å². The molecule has 0 fully saturated rings.